The summed E-state index contributed by atoms with van der Waals surface area (Å²) in [5.41, 5.74) is 1.17. The van der Waals surface area contributed by atoms with Gasteiger partial charge in [0.1, 0.15) is 0 Å². The molecule has 6 nitrogen and oxygen atoms in total. The molecule has 88 valence electrons. The van der Waals surface area contributed by atoms with E-state index in [1.165, 1.54) is 0 Å². The fourth-order valence-electron chi connectivity index (χ4n) is 1.72. The van der Waals surface area contributed by atoms with Gasteiger partial charge >= 0.3 is 5.63 Å². The van der Waals surface area contributed by atoms with Crippen molar-refractivity contribution in [1.29, 1.82) is 0 Å². The molecule has 3 rings (SSSR count). The van der Waals surface area contributed by atoms with Gasteiger partial charge in [-0.3, -0.25) is 4.52 Å². The summed E-state index contributed by atoms with van der Waals surface area (Å²) in [6.07, 6.45) is 0. The zero-order valence-corrected chi connectivity index (χ0v) is 9.23. The van der Waals surface area contributed by atoms with E-state index in [2.05, 4.69) is 9.79 Å². The number of nitrogens with zero attached hydrogens (tertiary/aromatic N) is 1. The third kappa shape index (κ3) is 1.67. The zero-order chi connectivity index (χ0) is 11.8. The average Bonchev–Trinajstić information content (AvgIpc) is 2.90. The molecule has 2 heterocycles. The Morgan fingerprint density at radius 1 is 1.35 bits per heavy atom. The van der Waals surface area contributed by atoms with Crippen molar-refractivity contribution in [2.24, 2.45) is 0 Å². The minimum Gasteiger partial charge on any atom is -0.454 e. The SMILES string of the molecule is Cc1c(=O)o[nH][n+]1Cc1ccc2c(c1)OCO2. The summed E-state index contributed by atoms with van der Waals surface area (Å²) in [5, 5.41) is 2.55. The molecule has 0 radical (unpaired) electrons. The first kappa shape index (κ1) is 9.95. The lowest BCUT2D eigenvalue weighted by molar-refractivity contribution is -0.759. The first-order chi connectivity index (χ1) is 8.24. The smallest absolute Gasteiger partial charge is 0.429 e. The van der Waals surface area contributed by atoms with Crippen LogP contribution in [0.1, 0.15) is 11.3 Å². The van der Waals surface area contributed by atoms with E-state index in [9.17, 15) is 4.79 Å². The Bertz CT molecular complexity index is 614. The molecule has 0 amide bonds. The Labute approximate surface area is 96.3 Å². The van der Waals surface area contributed by atoms with E-state index in [-0.39, 0.29) is 12.4 Å². The monoisotopic (exact) mass is 235 g/mol. The van der Waals surface area contributed by atoms with E-state index in [4.69, 9.17) is 9.47 Å². The Morgan fingerprint density at radius 3 is 2.94 bits per heavy atom. The molecule has 1 aromatic carbocycles. The maximum Gasteiger partial charge on any atom is 0.429 e. The van der Waals surface area contributed by atoms with Crippen LogP contribution < -0.4 is 19.8 Å². The lowest BCUT2D eigenvalue weighted by atomic mass is 10.2. The van der Waals surface area contributed by atoms with Crippen molar-refractivity contribution in [3.05, 3.63) is 39.9 Å². The van der Waals surface area contributed by atoms with Crippen molar-refractivity contribution in [3.8, 4) is 11.5 Å². The predicted octanol–water partition coefficient (Wildman–Crippen LogP) is 0.341. The Hall–Kier alpha value is -2.24. The fraction of sp³-hybridized carbons (Fsp3) is 0.273. The van der Waals surface area contributed by atoms with Gasteiger partial charge in [0.2, 0.25) is 13.3 Å². The maximum absolute atomic E-state index is 11.2. The normalized spacial score (nSPS) is 13.0. The zero-order valence-electron chi connectivity index (χ0n) is 9.23. The minimum absolute atomic E-state index is 0.257. The number of ether oxygens (including phenoxy) is 2. The van der Waals surface area contributed by atoms with Crippen molar-refractivity contribution in [3.63, 3.8) is 0 Å². The van der Waals surface area contributed by atoms with Crippen molar-refractivity contribution in [1.82, 2.24) is 5.27 Å². The molecule has 1 aliphatic rings. The Morgan fingerprint density at radius 2 is 2.18 bits per heavy atom. The summed E-state index contributed by atoms with van der Waals surface area (Å²) in [6, 6.07) is 5.66. The first-order valence-electron chi connectivity index (χ1n) is 5.20. The molecule has 1 aromatic heterocycles. The topological polar surface area (TPSA) is 68.3 Å². The summed E-state index contributed by atoms with van der Waals surface area (Å²) < 4.78 is 16.8. The molecule has 0 fully saturated rings. The number of hydrogen-bond acceptors (Lipinski definition) is 4. The number of benzene rings is 1. The number of rotatable bonds is 2. The van der Waals surface area contributed by atoms with E-state index in [0.717, 1.165) is 17.1 Å². The van der Waals surface area contributed by atoms with E-state index in [1.807, 2.05) is 18.2 Å². The summed E-state index contributed by atoms with van der Waals surface area (Å²) >= 11 is 0. The lowest BCUT2D eigenvalue weighted by Crippen LogP contribution is -2.40. The van der Waals surface area contributed by atoms with Crippen LogP contribution in [-0.4, -0.2) is 12.1 Å². The second kappa shape index (κ2) is 3.65. The summed E-state index contributed by atoms with van der Waals surface area (Å²) in [5.74, 6) is 1.47. The third-order valence-corrected chi connectivity index (χ3v) is 2.73. The standard InChI is InChI=1S/C11H10N2O4/c1-7-11(14)17-12-13(7)5-8-2-3-9-10(4-8)16-6-15-9/h2-4H,5-6H2,1H3/p+1. The van der Waals surface area contributed by atoms with Gasteiger partial charge in [-0.15, -0.1) is 0 Å². The van der Waals surface area contributed by atoms with Crippen molar-refractivity contribution in [2.75, 3.05) is 6.79 Å². The van der Waals surface area contributed by atoms with Crippen LogP contribution in [0, 0.1) is 6.92 Å². The van der Waals surface area contributed by atoms with Gasteiger partial charge in [0.15, 0.2) is 11.5 Å². The summed E-state index contributed by atoms with van der Waals surface area (Å²) in [7, 11) is 0. The number of aromatic amines is 1. The summed E-state index contributed by atoms with van der Waals surface area (Å²) in [6.45, 7) is 2.48. The molecule has 0 bridgehead atoms. The van der Waals surface area contributed by atoms with Gasteiger partial charge in [-0.25, -0.2) is 4.79 Å². The quantitative estimate of drug-likeness (QED) is 0.762. The van der Waals surface area contributed by atoms with Gasteiger partial charge in [-0.05, 0) is 23.5 Å². The first-order valence-corrected chi connectivity index (χ1v) is 5.20. The van der Waals surface area contributed by atoms with Crippen LogP contribution in [0.4, 0.5) is 0 Å². The van der Waals surface area contributed by atoms with E-state index >= 15 is 0 Å². The maximum atomic E-state index is 11.2. The highest BCUT2D eigenvalue weighted by molar-refractivity contribution is 5.44. The van der Waals surface area contributed by atoms with E-state index in [1.54, 1.807) is 11.6 Å². The molecule has 0 unspecified atom stereocenters. The molecule has 0 aliphatic carbocycles. The number of aromatic nitrogens is 2. The molecule has 1 N–H and O–H groups in total. The molecule has 0 atom stereocenters. The van der Waals surface area contributed by atoms with Gasteiger partial charge in [-0.1, -0.05) is 4.68 Å². The van der Waals surface area contributed by atoms with Crippen LogP contribution >= 0.6 is 0 Å². The number of hydrogen-bond donors (Lipinski definition) is 1. The van der Waals surface area contributed by atoms with E-state index < -0.39 is 0 Å². The Kier molecular flexibility index (Phi) is 2.14. The lowest BCUT2D eigenvalue weighted by Gasteiger charge is -1.98. The molecule has 17 heavy (non-hydrogen) atoms. The third-order valence-electron chi connectivity index (χ3n) is 2.73. The van der Waals surface area contributed by atoms with E-state index in [0.29, 0.717) is 12.2 Å². The van der Waals surface area contributed by atoms with Gasteiger partial charge < -0.3 is 9.47 Å². The van der Waals surface area contributed by atoms with Crippen molar-refractivity contribution < 1.29 is 18.7 Å². The van der Waals surface area contributed by atoms with Crippen molar-refractivity contribution >= 4 is 0 Å². The van der Waals surface area contributed by atoms with Gasteiger partial charge in [0.25, 0.3) is 5.69 Å². The average molecular weight is 235 g/mol. The predicted molar refractivity (Wildman–Crippen MR) is 55.9 cm³/mol. The molecular formula is C11H11N2O4+. The van der Waals surface area contributed by atoms with Crippen LogP contribution in [0.2, 0.25) is 0 Å². The fourth-order valence-corrected chi connectivity index (χ4v) is 1.72. The number of fused-ring (bicyclic) bond motifs is 1. The van der Waals surface area contributed by atoms with Gasteiger partial charge in [-0.2, -0.15) is 0 Å². The molecule has 6 heteroatoms. The van der Waals surface area contributed by atoms with Crippen LogP contribution in [0.5, 0.6) is 11.5 Å². The summed E-state index contributed by atoms with van der Waals surface area (Å²) in [4.78, 5) is 11.2. The highest BCUT2D eigenvalue weighted by Crippen LogP contribution is 2.32. The molecule has 0 spiro atoms. The van der Waals surface area contributed by atoms with Crippen molar-refractivity contribution in [2.45, 2.75) is 13.5 Å². The van der Waals surface area contributed by atoms with Crippen LogP contribution in [-0.2, 0) is 6.54 Å². The minimum atomic E-state index is -0.356. The van der Waals surface area contributed by atoms with Crippen LogP contribution in [0.25, 0.3) is 0 Å². The highest BCUT2D eigenvalue weighted by Gasteiger charge is 2.18. The highest BCUT2D eigenvalue weighted by atomic mass is 16.7. The second-order valence-electron chi connectivity index (χ2n) is 3.84. The molecule has 1 aliphatic heterocycles. The number of H-pyrrole nitrogens is 1. The second-order valence-corrected chi connectivity index (χ2v) is 3.84. The largest absolute Gasteiger partial charge is 0.454 e. The molecular weight excluding hydrogens is 224 g/mol. The molecule has 0 saturated heterocycles. The van der Waals surface area contributed by atoms with Crippen LogP contribution in [0.3, 0.4) is 0 Å². The number of nitrogens with one attached hydrogen (secondary N) is 1. The molecule has 0 saturated carbocycles. The van der Waals surface area contributed by atoms with Gasteiger partial charge in [0, 0.05) is 12.5 Å². The Balaban J connectivity index is 1.91. The van der Waals surface area contributed by atoms with Gasteiger partial charge in [0.05, 0.1) is 0 Å². The molecule has 2 aromatic rings. The van der Waals surface area contributed by atoms with Crippen LogP contribution in [0.15, 0.2) is 27.5 Å².